The molecule has 0 spiro atoms. The van der Waals surface area contributed by atoms with Crippen molar-refractivity contribution in [1.82, 2.24) is 20.0 Å². The van der Waals surface area contributed by atoms with Crippen LogP contribution in [-0.2, 0) is 4.74 Å². The number of hydrogen-bond acceptors (Lipinski definition) is 5. The molecule has 146 valence electrons. The summed E-state index contributed by atoms with van der Waals surface area (Å²) in [4.78, 5) is 23.3. The molecule has 0 unspecified atom stereocenters. The number of nitrogens with one attached hydrogen (secondary N) is 1. The van der Waals surface area contributed by atoms with E-state index in [1.807, 2.05) is 4.90 Å². The number of piperazine rings is 1. The Morgan fingerprint density at radius 2 is 2.04 bits per heavy atom. The first kappa shape index (κ1) is 20.3. The normalized spacial score (nSPS) is 15.6. The molecule has 0 radical (unpaired) electrons. The number of likely N-dealkylation sites (N-methyl/N-ethyl adjacent to an activating group) is 1. The zero-order valence-corrected chi connectivity index (χ0v) is 16.1. The molecule has 1 aliphatic heterocycles. The van der Waals surface area contributed by atoms with E-state index in [9.17, 15) is 4.79 Å². The molecule has 2 rings (SSSR count). The van der Waals surface area contributed by atoms with Crippen molar-refractivity contribution in [2.75, 3.05) is 73.1 Å². The molecular formula is C18H31N5O3. The highest BCUT2D eigenvalue weighted by molar-refractivity contribution is 5.91. The SMILES string of the molecule is CCNC(=NCCN(C)CCOC)N1CCN(C(=O)c2ccco2)CC1. The molecule has 1 fully saturated rings. The minimum Gasteiger partial charge on any atom is -0.459 e. The average molecular weight is 365 g/mol. The van der Waals surface area contributed by atoms with E-state index in [1.165, 1.54) is 6.26 Å². The maximum atomic E-state index is 12.3. The van der Waals surface area contributed by atoms with E-state index >= 15 is 0 Å². The van der Waals surface area contributed by atoms with Gasteiger partial charge in [0.25, 0.3) is 5.91 Å². The van der Waals surface area contributed by atoms with Crippen LogP contribution in [0.2, 0.25) is 0 Å². The van der Waals surface area contributed by atoms with E-state index in [-0.39, 0.29) is 5.91 Å². The third kappa shape index (κ3) is 6.03. The Kier molecular flexibility index (Phi) is 8.43. The van der Waals surface area contributed by atoms with Crippen molar-refractivity contribution in [3.63, 3.8) is 0 Å². The predicted molar refractivity (Wildman–Crippen MR) is 102 cm³/mol. The Bertz CT molecular complexity index is 553. The number of carbonyl (C=O) groups is 1. The monoisotopic (exact) mass is 365 g/mol. The summed E-state index contributed by atoms with van der Waals surface area (Å²) in [7, 11) is 3.78. The fourth-order valence-electron chi connectivity index (χ4n) is 2.79. The number of carbonyl (C=O) groups excluding carboxylic acids is 1. The van der Waals surface area contributed by atoms with Crippen LogP contribution >= 0.6 is 0 Å². The van der Waals surface area contributed by atoms with Crippen molar-refractivity contribution in [2.45, 2.75) is 6.92 Å². The zero-order valence-electron chi connectivity index (χ0n) is 16.1. The zero-order chi connectivity index (χ0) is 18.8. The van der Waals surface area contributed by atoms with Gasteiger partial charge in [-0.25, -0.2) is 0 Å². The molecule has 8 nitrogen and oxygen atoms in total. The number of amides is 1. The predicted octanol–water partition coefficient (Wildman–Crippen LogP) is 0.581. The van der Waals surface area contributed by atoms with E-state index in [1.54, 1.807) is 19.2 Å². The van der Waals surface area contributed by atoms with Crippen LogP contribution in [0.15, 0.2) is 27.8 Å². The topological polar surface area (TPSA) is 73.6 Å². The summed E-state index contributed by atoms with van der Waals surface area (Å²) < 4.78 is 10.3. The van der Waals surface area contributed by atoms with Crippen LogP contribution in [0.25, 0.3) is 0 Å². The number of rotatable bonds is 8. The third-order valence-electron chi connectivity index (χ3n) is 4.35. The van der Waals surface area contributed by atoms with Gasteiger partial charge in [0.2, 0.25) is 0 Å². The lowest BCUT2D eigenvalue weighted by molar-refractivity contribution is 0.0657. The van der Waals surface area contributed by atoms with Crippen LogP contribution in [-0.4, -0.2) is 99.7 Å². The van der Waals surface area contributed by atoms with Crippen molar-refractivity contribution >= 4 is 11.9 Å². The van der Waals surface area contributed by atoms with Gasteiger partial charge < -0.3 is 29.2 Å². The average Bonchev–Trinajstić information content (AvgIpc) is 3.20. The number of hydrogen-bond donors (Lipinski definition) is 1. The minimum absolute atomic E-state index is 0.0450. The Labute approximate surface area is 155 Å². The van der Waals surface area contributed by atoms with Gasteiger partial charge in [-0.15, -0.1) is 0 Å². The number of guanidine groups is 1. The molecule has 0 aliphatic carbocycles. The summed E-state index contributed by atoms with van der Waals surface area (Å²) in [5.74, 6) is 1.27. The van der Waals surface area contributed by atoms with Crippen molar-refractivity contribution < 1.29 is 13.9 Å². The molecule has 2 heterocycles. The third-order valence-corrected chi connectivity index (χ3v) is 4.35. The van der Waals surface area contributed by atoms with Gasteiger partial charge in [0, 0.05) is 52.9 Å². The molecule has 0 saturated carbocycles. The smallest absolute Gasteiger partial charge is 0.289 e. The highest BCUT2D eigenvalue weighted by Crippen LogP contribution is 2.09. The largest absolute Gasteiger partial charge is 0.459 e. The highest BCUT2D eigenvalue weighted by atomic mass is 16.5. The second-order valence-corrected chi connectivity index (χ2v) is 6.29. The molecule has 0 aromatic carbocycles. The summed E-state index contributed by atoms with van der Waals surface area (Å²) in [6.45, 7) is 8.98. The Morgan fingerprint density at radius 3 is 2.65 bits per heavy atom. The lowest BCUT2D eigenvalue weighted by atomic mass is 10.3. The van der Waals surface area contributed by atoms with Crippen molar-refractivity contribution in [1.29, 1.82) is 0 Å². The molecule has 1 aliphatic rings. The van der Waals surface area contributed by atoms with Crippen molar-refractivity contribution in [2.24, 2.45) is 4.99 Å². The maximum Gasteiger partial charge on any atom is 0.289 e. The Hall–Kier alpha value is -2.06. The van der Waals surface area contributed by atoms with E-state index in [2.05, 4.69) is 29.1 Å². The molecule has 1 amide bonds. The molecule has 0 bridgehead atoms. The van der Waals surface area contributed by atoms with Gasteiger partial charge >= 0.3 is 0 Å². The van der Waals surface area contributed by atoms with Gasteiger partial charge in [0.05, 0.1) is 19.4 Å². The van der Waals surface area contributed by atoms with Crippen molar-refractivity contribution in [3.05, 3.63) is 24.2 Å². The van der Waals surface area contributed by atoms with E-state index in [0.29, 0.717) is 18.8 Å². The standard InChI is InChI=1S/C18H31N5O3/c1-4-19-18(20-7-8-21(2)13-15-25-3)23-11-9-22(10-12-23)17(24)16-6-5-14-26-16/h5-6,14H,4,7-13,15H2,1-3H3,(H,19,20). The first-order valence-electron chi connectivity index (χ1n) is 9.19. The molecule has 26 heavy (non-hydrogen) atoms. The number of methoxy groups -OCH3 is 1. The number of nitrogens with zero attached hydrogens (tertiary/aromatic N) is 4. The van der Waals surface area contributed by atoms with E-state index < -0.39 is 0 Å². The maximum absolute atomic E-state index is 12.3. The van der Waals surface area contributed by atoms with Crippen LogP contribution in [0.3, 0.4) is 0 Å². The molecule has 1 N–H and O–H groups in total. The first-order valence-corrected chi connectivity index (χ1v) is 9.19. The molecule has 1 aromatic heterocycles. The van der Waals surface area contributed by atoms with E-state index in [0.717, 1.165) is 51.8 Å². The van der Waals surface area contributed by atoms with Gasteiger partial charge in [-0.05, 0) is 26.1 Å². The first-order chi connectivity index (χ1) is 12.7. The summed E-state index contributed by atoms with van der Waals surface area (Å²) >= 11 is 0. The lowest BCUT2D eigenvalue weighted by Gasteiger charge is -2.36. The Morgan fingerprint density at radius 1 is 1.31 bits per heavy atom. The second kappa shape index (κ2) is 10.8. The van der Waals surface area contributed by atoms with Gasteiger partial charge in [0.1, 0.15) is 0 Å². The quantitative estimate of drug-likeness (QED) is 0.537. The van der Waals surface area contributed by atoms with Gasteiger partial charge in [-0.1, -0.05) is 0 Å². The lowest BCUT2D eigenvalue weighted by Crippen LogP contribution is -2.53. The summed E-state index contributed by atoms with van der Waals surface area (Å²) in [5, 5.41) is 3.35. The van der Waals surface area contributed by atoms with Crippen molar-refractivity contribution in [3.8, 4) is 0 Å². The minimum atomic E-state index is -0.0450. The second-order valence-electron chi connectivity index (χ2n) is 6.29. The summed E-state index contributed by atoms with van der Waals surface area (Å²) in [5.41, 5.74) is 0. The molecular weight excluding hydrogens is 334 g/mol. The van der Waals surface area contributed by atoms with Crippen LogP contribution in [0, 0.1) is 0 Å². The van der Waals surface area contributed by atoms with Crippen LogP contribution < -0.4 is 5.32 Å². The molecule has 8 heteroatoms. The molecule has 1 aromatic rings. The molecule has 1 saturated heterocycles. The number of aliphatic imine (C=N–C) groups is 1. The fourth-order valence-corrected chi connectivity index (χ4v) is 2.79. The summed E-state index contributed by atoms with van der Waals surface area (Å²) in [6.07, 6.45) is 1.53. The van der Waals surface area contributed by atoms with E-state index in [4.69, 9.17) is 14.1 Å². The Balaban J connectivity index is 1.83. The van der Waals surface area contributed by atoms with Gasteiger partial charge in [-0.2, -0.15) is 0 Å². The van der Waals surface area contributed by atoms with Gasteiger partial charge in [-0.3, -0.25) is 9.79 Å². The highest BCUT2D eigenvalue weighted by Gasteiger charge is 2.25. The number of ether oxygens (including phenoxy) is 1. The summed E-state index contributed by atoms with van der Waals surface area (Å²) in [6, 6.07) is 3.45. The number of furan rings is 1. The van der Waals surface area contributed by atoms with Crippen LogP contribution in [0.4, 0.5) is 0 Å². The van der Waals surface area contributed by atoms with Crippen LogP contribution in [0.5, 0.6) is 0 Å². The van der Waals surface area contributed by atoms with Crippen LogP contribution in [0.1, 0.15) is 17.5 Å². The molecule has 0 atom stereocenters. The van der Waals surface area contributed by atoms with Gasteiger partial charge in [0.15, 0.2) is 11.7 Å². The fraction of sp³-hybridized carbons (Fsp3) is 0.667.